The molecule has 1 N–H and O–H groups in total. The van der Waals surface area contributed by atoms with Crippen molar-refractivity contribution in [2.24, 2.45) is 0 Å². The molecular weight excluding hydrogens is 303 g/mol. The van der Waals surface area contributed by atoms with Crippen LogP contribution in [0.4, 0.5) is 19.0 Å². The van der Waals surface area contributed by atoms with E-state index in [2.05, 4.69) is 15.3 Å². The van der Waals surface area contributed by atoms with Gasteiger partial charge in [-0.2, -0.15) is 18.2 Å². The highest BCUT2D eigenvalue weighted by Gasteiger charge is 2.30. The van der Waals surface area contributed by atoms with Gasteiger partial charge in [-0.25, -0.2) is 4.98 Å². The smallest absolute Gasteiger partial charge is 0.416 e. The molecule has 0 saturated carbocycles. The van der Waals surface area contributed by atoms with Crippen LogP contribution in [0.2, 0.25) is 0 Å². The fraction of sp³-hybridized carbons (Fsp3) is 0.231. The van der Waals surface area contributed by atoms with Crippen LogP contribution in [-0.4, -0.2) is 23.3 Å². The van der Waals surface area contributed by atoms with Gasteiger partial charge >= 0.3 is 6.18 Å². The fourth-order valence-electron chi connectivity index (χ4n) is 1.51. The van der Waals surface area contributed by atoms with E-state index in [1.54, 1.807) is 13.1 Å². The molecule has 0 spiro atoms. The highest BCUT2D eigenvalue weighted by Crippen LogP contribution is 2.31. The predicted octanol–water partition coefficient (Wildman–Crippen LogP) is 4.05. The maximum Gasteiger partial charge on any atom is 0.416 e. The van der Waals surface area contributed by atoms with Crippen molar-refractivity contribution in [2.75, 3.05) is 18.6 Å². The Morgan fingerprint density at radius 1 is 1.14 bits per heavy atom. The van der Waals surface area contributed by atoms with Gasteiger partial charge < -0.3 is 10.1 Å². The van der Waals surface area contributed by atoms with Crippen molar-refractivity contribution in [3.63, 3.8) is 0 Å². The van der Waals surface area contributed by atoms with Crippen LogP contribution in [0.1, 0.15) is 5.56 Å². The van der Waals surface area contributed by atoms with Crippen LogP contribution in [0.5, 0.6) is 11.6 Å². The van der Waals surface area contributed by atoms with Crippen molar-refractivity contribution in [3.05, 3.63) is 35.9 Å². The van der Waals surface area contributed by atoms with Crippen LogP contribution in [0, 0.1) is 0 Å². The minimum Gasteiger partial charge on any atom is -0.439 e. The molecule has 0 unspecified atom stereocenters. The van der Waals surface area contributed by atoms with E-state index in [1.165, 1.54) is 23.9 Å². The lowest BCUT2D eigenvalue weighted by atomic mass is 10.2. The van der Waals surface area contributed by atoms with Gasteiger partial charge in [-0.05, 0) is 30.5 Å². The molecule has 0 radical (unpaired) electrons. The number of nitrogens with one attached hydrogen (secondary N) is 1. The first kappa shape index (κ1) is 15.4. The highest BCUT2D eigenvalue weighted by atomic mass is 32.2. The zero-order chi connectivity index (χ0) is 15.5. The topological polar surface area (TPSA) is 47.0 Å². The molecule has 2 rings (SSSR count). The zero-order valence-corrected chi connectivity index (χ0v) is 12.0. The number of hydrogen-bond donors (Lipinski definition) is 1. The lowest BCUT2D eigenvalue weighted by Crippen LogP contribution is -2.04. The molecule has 21 heavy (non-hydrogen) atoms. The van der Waals surface area contributed by atoms with Crippen LogP contribution >= 0.6 is 11.8 Å². The van der Waals surface area contributed by atoms with E-state index in [1.807, 2.05) is 6.26 Å². The Labute approximate surface area is 123 Å². The first-order chi connectivity index (χ1) is 9.92. The number of alkyl halides is 3. The summed E-state index contributed by atoms with van der Waals surface area (Å²) < 4.78 is 42.9. The molecule has 0 aliphatic carbocycles. The van der Waals surface area contributed by atoms with Crippen molar-refractivity contribution in [2.45, 2.75) is 11.3 Å². The molecule has 1 heterocycles. The van der Waals surface area contributed by atoms with Crippen molar-refractivity contribution >= 4 is 17.6 Å². The van der Waals surface area contributed by atoms with E-state index in [-0.39, 0.29) is 11.6 Å². The molecule has 1 aromatic heterocycles. The van der Waals surface area contributed by atoms with Gasteiger partial charge in [-0.15, -0.1) is 0 Å². The number of thioether (sulfide) groups is 1. The van der Waals surface area contributed by atoms with Crippen LogP contribution < -0.4 is 10.1 Å². The Kier molecular flexibility index (Phi) is 4.56. The van der Waals surface area contributed by atoms with E-state index < -0.39 is 11.7 Å². The number of halogens is 3. The summed E-state index contributed by atoms with van der Waals surface area (Å²) in [5.74, 6) is 1.10. The van der Waals surface area contributed by atoms with E-state index in [9.17, 15) is 13.2 Å². The van der Waals surface area contributed by atoms with Crippen LogP contribution in [-0.2, 0) is 6.18 Å². The van der Waals surface area contributed by atoms with Gasteiger partial charge in [0, 0.05) is 13.1 Å². The van der Waals surface area contributed by atoms with Crippen LogP contribution in [0.15, 0.2) is 35.5 Å². The van der Waals surface area contributed by atoms with E-state index in [4.69, 9.17) is 4.74 Å². The molecule has 4 nitrogen and oxygen atoms in total. The summed E-state index contributed by atoms with van der Waals surface area (Å²) in [7, 11) is 1.70. The summed E-state index contributed by atoms with van der Waals surface area (Å²) in [4.78, 5) is 8.30. The Balaban J connectivity index is 2.22. The molecule has 0 aliphatic rings. The SMILES string of the molecule is CNc1cc(Oc2ccc(C(F)(F)F)cc2)nc(SC)n1. The third kappa shape index (κ3) is 4.01. The summed E-state index contributed by atoms with van der Waals surface area (Å²) in [6, 6.07) is 6.00. The molecule has 8 heteroatoms. The Hall–Kier alpha value is -1.96. The molecule has 2 aromatic rings. The number of rotatable bonds is 4. The minimum atomic E-state index is -4.36. The Morgan fingerprint density at radius 2 is 1.81 bits per heavy atom. The third-order valence-corrected chi connectivity index (χ3v) is 3.07. The van der Waals surface area contributed by atoms with Crippen molar-refractivity contribution in [1.82, 2.24) is 9.97 Å². The average molecular weight is 315 g/mol. The third-order valence-electron chi connectivity index (χ3n) is 2.52. The normalized spacial score (nSPS) is 11.3. The van der Waals surface area contributed by atoms with Gasteiger partial charge in [0.2, 0.25) is 5.88 Å². The summed E-state index contributed by atoms with van der Waals surface area (Å²) in [5, 5.41) is 3.37. The number of ether oxygens (including phenoxy) is 1. The molecule has 0 bridgehead atoms. The molecule has 112 valence electrons. The van der Waals surface area contributed by atoms with Crippen molar-refractivity contribution < 1.29 is 17.9 Å². The largest absolute Gasteiger partial charge is 0.439 e. The summed E-state index contributed by atoms with van der Waals surface area (Å²) >= 11 is 1.34. The number of anilines is 1. The summed E-state index contributed by atoms with van der Waals surface area (Å²) in [6.45, 7) is 0. The quantitative estimate of drug-likeness (QED) is 0.681. The van der Waals surface area contributed by atoms with Crippen LogP contribution in [0.25, 0.3) is 0 Å². The minimum absolute atomic E-state index is 0.262. The molecule has 0 amide bonds. The molecule has 0 aliphatic heterocycles. The monoisotopic (exact) mass is 315 g/mol. The number of benzene rings is 1. The van der Waals surface area contributed by atoms with E-state index in [0.29, 0.717) is 11.0 Å². The van der Waals surface area contributed by atoms with Gasteiger partial charge in [0.1, 0.15) is 11.6 Å². The number of aromatic nitrogens is 2. The second-order valence-corrected chi connectivity index (χ2v) is 4.73. The second kappa shape index (κ2) is 6.21. The lowest BCUT2D eigenvalue weighted by Gasteiger charge is -2.10. The van der Waals surface area contributed by atoms with Gasteiger partial charge in [-0.3, -0.25) is 0 Å². The lowest BCUT2D eigenvalue weighted by molar-refractivity contribution is -0.137. The van der Waals surface area contributed by atoms with Crippen molar-refractivity contribution in [1.29, 1.82) is 0 Å². The van der Waals surface area contributed by atoms with E-state index in [0.717, 1.165) is 12.1 Å². The molecule has 0 fully saturated rings. The molecule has 0 atom stereocenters. The van der Waals surface area contributed by atoms with Crippen LogP contribution in [0.3, 0.4) is 0 Å². The maximum atomic E-state index is 12.5. The number of hydrogen-bond acceptors (Lipinski definition) is 5. The first-order valence-corrected chi connectivity index (χ1v) is 7.11. The van der Waals surface area contributed by atoms with Gasteiger partial charge in [0.05, 0.1) is 5.56 Å². The first-order valence-electron chi connectivity index (χ1n) is 5.88. The predicted molar refractivity (Wildman–Crippen MR) is 74.9 cm³/mol. The molecule has 0 saturated heterocycles. The summed E-state index contributed by atoms with van der Waals surface area (Å²) in [5.41, 5.74) is -0.724. The fourth-order valence-corrected chi connectivity index (χ4v) is 1.88. The Morgan fingerprint density at radius 3 is 2.33 bits per heavy atom. The second-order valence-electron chi connectivity index (χ2n) is 3.95. The maximum absolute atomic E-state index is 12.5. The average Bonchev–Trinajstić information content (AvgIpc) is 2.46. The van der Waals surface area contributed by atoms with E-state index >= 15 is 0 Å². The number of nitrogens with zero attached hydrogens (tertiary/aromatic N) is 2. The Bertz CT molecular complexity index is 595. The highest BCUT2D eigenvalue weighted by molar-refractivity contribution is 7.98. The van der Waals surface area contributed by atoms with Gasteiger partial charge in [-0.1, -0.05) is 11.8 Å². The molecular formula is C13H12F3N3OS. The standard InChI is InChI=1S/C13H12F3N3OS/c1-17-10-7-11(19-12(18-10)21-2)20-9-5-3-8(4-6-9)13(14,15)16/h3-7H,1-2H3,(H,17,18,19). The van der Waals surface area contributed by atoms with Gasteiger partial charge in [0.25, 0.3) is 0 Å². The zero-order valence-electron chi connectivity index (χ0n) is 11.2. The van der Waals surface area contributed by atoms with Crippen molar-refractivity contribution in [3.8, 4) is 11.6 Å². The van der Waals surface area contributed by atoms with Gasteiger partial charge in [0.15, 0.2) is 5.16 Å². The summed E-state index contributed by atoms with van der Waals surface area (Å²) in [6.07, 6.45) is -2.55. The molecule has 1 aromatic carbocycles.